The second-order valence-electron chi connectivity index (χ2n) is 5.11. The number of rotatable bonds is 1. The summed E-state index contributed by atoms with van der Waals surface area (Å²) in [6.45, 7) is 1.62. The zero-order chi connectivity index (χ0) is 11.0. The molecule has 2 nitrogen and oxygen atoms in total. The topological polar surface area (TPSA) is 29.5 Å². The molecule has 0 spiro atoms. The van der Waals surface area contributed by atoms with E-state index in [0.29, 0.717) is 5.92 Å². The smallest absolute Gasteiger partial charge is 0.0757 e. The van der Waals surface area contributed by atoms with Gasteiger partial charge in [-0.05, 0) is 29.9 Å². The van der Waals surface area contributed by atoms with E-state index < -0.39 is 5.60 Å². The van der Waals surface area contributed by atoms with E-state index in [9.17, 15) is 5.11 Å². The van der Waals surface area contributed by atoms with Crippen molar-refractivity contribution < 1.29 is 9.84 Å². The molecule has 1 aliphatic heterocycles. The first-order chi connectivity index (χ1) is 7.78. The highest BCUT2D eigenvalue weighted by Crippen LogP contribution is 2.39. The molecule has 1 aromatic rings. The third-order valence-corrected chi connectivity index (χ3v) is 4.09. The van der Waals surface area contributed by atoms with Gasteiger partial charge in [-0.25, -0.2) is 0 Å². The minimum absolute atomic E-state index is 0.411. The molecule has 0 unspecified atom stereocenters. The lowest BCUT2D eigenvalue weighted by Crippen LogP contribution is -2.41. The van der Waals surface area contributed by atoms with Crippen LogP contribution in [-0.4, -0.2) is 23.9 Å². The van der Waals surface area contributed by atoms with E-state index in [1.165, 1.54) is 11.1 Å². The fourth-order valence-corrected chi connectivity index (χ4v) is 3.15. The van der Waals surface area contributed by atoms with Crippen LogP contribution in [0.4, 0.5) is 0 Å². The molecule has 0 amide bonds. The molecule has 1 aliphatic carbocycles. The Morgan fingerprint density at radius 3 is 2.19 bits per heavy atom. The van der Waals surface area contributed by atoms with Crippen LogP contribution in [0.3, 0.4) is 0 Å². The average molecular weight is 218 g/mol. The van der Waals surface area contributed by atoms with Crippen molar-refractivity contribution in [3.8, 4) is 0 Å². The third kappa shape index (κ3) is 1.66. The molecule has 3 rings (SSSR count). The summed E-state index contributed by atoms with van der Waals surface area (Å²) in [4.78, 5) is 0. The van der Waals surface area contributed by atoms with Gasteiger partial charge in [-0.15, -0.1) is 0 Å². The molecule has 0 bridgehead atoms. The van der Waals surface area contributed by atoms with E-state index in [2.05, 4.69) is 24.3 Å². The molecule has 0 aromatic heterocycles. The quantitative estimate of drug-likeness (QED) is 0.780. The molecule has 2 aliphatic rings. The van der Waals surface area contributed by atoms with Gasteiger partial charge in [-0.3, -0.25) is 0 Å². The maximum absolute atomic E-state index is 10.8. The molecule has 86 valence electrons. The Morgan fingerprint density at radius 1 is 1.06 bits per heavy atom. The van der Waals surface area contributed by atoms with Crippen LogP contribution in [0.25, 0.3) is 0 Å². The third-order valence-electron chi connectivity index (χ3n) is 4.09. The van der Waals surface area contributed by atoms with Crippen LogP contribution in [0.1, 0.15) is 24.0 Å². The molecule has 16 heavy (non-hydrogen) atoms. The van der Waals surface area contributed by atoms with E-state index in [1.54, 1.807) is 0 Å². The summed E-state index contributed by atoms with van der Waals surface area (Å²) in [5, 5.41) is 10.8. The van der Waals surface area contributed by atoms with Crippen LogP contribution < -0.4 is 0 Å². The summed E-state index contributed by atoms with van der Waals surface area (Å²) < 4.78 is 5.37. The Balaban J connectivity index is 1.82. The Bertz CT molecular complexity index is 355. The van der Waals surface area contributed by atoms with E-state index in [0.717, 1.165) is 38.9 Å². The van der Waals surface area contributed by atoms with Crippen molar-refractivity contribution in [2.24, 2.45) is 5.92 Å². The first-order valence-electron chi connectivity index (χ1n) is 6.15. The zero-order valence-electron chi connectivity index (χ0n) is 9.48. The Kier molecular flexibility index (Phi) is 2.49. The van der Waals surface area contributed by atoms with Gasteiger partial charge in [0.25, 0.3) is 0 Å². The predicted octanol–water partition coefficient (Wildman–Crippen LogP) is 1.94. The summed E-state index contributed by atoms with van der Waals surface area (Å²) in [5.74, 6) is 0.411. The highest BCUT2D eigenvalue weighted by atomic mass is 16.5. The molecule has 2 heteroatoms. The first kappa shape index (κ1) is 10.3. The highest BCUT2D eigenvalue weighted by molar-refractivity contribution is 5.35. The number of hydrogen-bond donors (Lipinski definition) is 1. The fourth-order valence-electron chi connectivity index (χ4n) is 3.15. The van der Waals surface area contributed by atoms with E-state index in [-0.39, 0.29) is 0 Å². The molecular weight excluding hydrogens is 200 g/mol. The second-order valence-corrected chi connectivity index (χ2v) is 5.11. The van der Waals surface area contributed by atoms with E-state index in [4.69, 9.17) is 4.74 Å². The minimum atomic E-state index is -0.506. The van der Waals surface area contributed by atoms with Gasteiger partial charge in [0, 0.05) is 26.1 Å². The molecule has 0 saturated carbocycles. The van der Waals surface area contributed by atoms with Crippen LogP contribution in [-0.2, 0) is 17.6 Å². The maximum atomic E-state index is 10.8. The van der Waals surface area contributed by atoms with Gasteiger partial charge in [-0.2, -0.15) is 0 Å². The number of benzene rings is 1. The van der Waals surface area contributed by atoms with Gasteiger partial charge in [0.15, 0.2) is 0 Å². The fraction of sp³-hybridized carbons (Fsp3) is 0.571. The van der Waals surface area contributed by atoms with Gasteiger partial charge in [0.05, 0.1) is 5.60 Å². The minimum Gasteiger partial charge on any atom is -0.389 e. The normalized spacial score (nSPS) is 24.3. The number of ether oxygens (including phenoxy) is 1. The molecule has 1 N–H and O–H groups in total. The summed E-state index contributed by atoms with van der Waals surface area (Å²) in [7, 11) is 0. The van der Waals surface area contributed by atoms with Crippen LogP contribution in [0.2, 0.25) is 0 Å². The summed E-state index contributed by atoms with van der Waals surface area (Å²) in [6, 6.07) is 8.42. The standard InChI is InChI=1S/C14H18O2/c15-14(13-5-7-16-8-6-13)9-11-3-1-2-4-12(11)10-14/h1-4,13,15H,5-10H2. The largest absolute Gasteiger partial charge is 0.389 e. The molecule has 1 fully saturated rings. The van der Waals surface area contributed by atoms with Crippen molar-refractivity contribution in [1.29, 1.82) is 0 Å². The van der Waals surface area contributed by atoms with Crippen LogP contribution >= 0.6 is 0 Å². The highest BCUT2D eigenvalue weighted by Gasteiger charge is 2.42. The molecule has 0 radical (unpaired) electrons. The van der Waals surface area contributed by atoms with Crippen molar-refractivity contribution >= 4 is 0 Å². The Morgan fingerprint density at radius 2 is 1.62 bits per heavy atom. The average Bonchev–Trinajstić information content (AvgIpc) is 2.68. The maximum Gasteiger partial charge on any atom is 0.0757 e. The predicted molar refractivity (Wildman–Crippen MR) is 62.3 cm³/mol. The van der Waals surface area contributed by atoms with Crippen LogP contribution in [0.15, 0.2) is 24.3 Å². The second kappa shape index (κ2) is 3.86. The first-order valence-corrected chi connectivity index (χ1v) is 6.15. The Labute approximate surface area is 96.2 Å². The van der Waals surface area contributed by atoms with Crippen molar-refractivity contribution in [3.05, 3.63) is 35.4 Å². The van der Waals surface area contributed by atoms with Gasteiger partial charge < -0.3 is 9.84 Å². The molecular formula is C14H18O2. The van der Waals surface area contributed by atoms with E-state index in [1.807, 2.05) is 0 Å². The van der Waals surface area contributed by atoms with E-state index >= 15 is 0 Å². The molecule has 1 saturated heterocycles. The van der Waals surface area contributed by atoms with Crippen LogP contribution in [0, 0.1) is 5.92 Å². The van der Waals surface area contributed by atoms with Gasteiger partial charge in [0.2, 0.25) is 0 Å². The molecule has 0 atom stereocenters. The van der Waals surface area contributed by atoms with Crippen molar-refractivity contribution in [1.82, 2.24) is 0 Å². The number of hydrogen-bond acceptors (Lipinski definition) is 2. The van der Waals surface area contributed by atoms with Crippen molar-refractivity contribution in [2.75, 3.05) is 13.2 Å². The lowest BCUT2D eigenvalue weighted by molar-refractivity contribution is -0.0587. The summed E-state index contributed by atoms with van der Waals surface area (Å²) in [6.07, 6.45) is 3.66. The molecule has 1 aromatic carbocycles. The van der Waals surface area contributed by atoms with Gasteiger partial charge >= 0.3 is 0 Å². The SMILES string of the molecule is OC1(C2CCOCC2)Cc2ccccc2C1. The zero-order valence-corrected chi connectivity index (χ0v) is 9.48. The van der Waals surface area contributed by atoms with Crippen LogP contribution in [0.5, 0.6) is 0 Å². The van der Waals surface area contributed by atoms with Gasteiger partial charge in [0.1, 0.15) is 0 Å². The Hall–Kier alpha value is -0.860. The summed E-state index contributed by atoms with van der Waals surface area (Å²) >= 11 is 0. The van der Waals surface area contributed by atoms with Crippen molar-refractivity contribution in [3.63, 3.8) is 0 Å². The number of aliphatic hydroxyl groups is 1. The lowest BCUT2D eigenvalue weighted by atomic mass is 9.80. The summed E-state index contributed by atoms with van der Waals surface area (Å²) in [5.41, 5.74) is 2.15. The monoisotopic (exact) mass is 218 g/mol. The lowest BCUT2D eigenvalue weighted by Gasteiger charge is -2.35. The molecule has 1 heterocycles. The van der Waals surface area contributed by atoms with Crippen molar-refractivity contribution in [2.45, 2.75) is 31.3 Å². The van der Waals surface area contributed by atoms with Gasteiger partial charge in [-0.1, -0.05) is 24.3 Å². The number of fused-ring (bicyclic) bond motifs is 1.